The van der Waals surface area contributed by atoms with Crippen LogP contribution in [0, 0.1) is 0 Å². The number of hydrogen-bond donors (Lipinski definition) is 1. The number of ether oxygens (including phenoxy) is 1. The summed E-state index contributed by atoms with van der Waals surface area (Å²) in [6.45, 7) is 3.75. The molecule has 0 spiro atoms. The molecule has 0 bridgehead atoms. The van der Waals surface area contributed by atoms with E-state index in [1.807, 2.05) is 11.9 Å². The molecule has 0 amide bonds. The Morgan fingerprint density at radius 1 is 1.33 bits per heavy atom. The molecule has 0 fully saturated rings. The van der Waals surface area contributed by atoms with Crippen LogP contribution in [0.1, 0.15) is 18.9 Å². The van der Waals surface area contributed by atoms with E-state index in [1.54, 1.807) is 7.11 Å². The molecule has 3 nitrogen and oxygen atoms in total. The lowest BCUT2D eigenvalue weighted by molar-refractivity contribution is 0.195. The number of rotatable bonds is 6. The number of anilines is 1. The Bertz CT molecular complexity index is 365. The first kappa shape index (κ1) is 14.9. The van der Waals surface area contributed by atoms with Gasteiger partial charge in [-0.25, -0.2) is 0 Å². The quantitative estimate of drug-likeness (QED) is 0.632. The van der Waals surface area contributed by atoms with Gasteiger partial charge in [0.2, 0.25) is 0 Å². The SMILES string of the molecule is CCc1ccc(N(C)C(=S)NCCCOC)cc1. The maximum atomic E-state index is 5.34. The van der Waals surface area contributed by atoms with Crippen LogP contribution in [0.25, 0.3) is 0 Å². The largest absolute Gasteiger partial charge is 0.385 e. The number of benzene rings is 1. The van der Waals surface area contributed by atoms with Gasteiger partial charge in [0.1, 0.15) is 0 Å². The van der Waals surface area contributed by atoms with Gasteiger partial charge in [0, 0.05) is 33.0 Å². The molecule has 1 aromatic carbocycles. The van der Waals surface area contributed by atoms with Gasteiger partial charge in [-0.2, -0.15) is 0 Å². The first-order valence-corrected chi connectivity index (χ1v) is 6.69. The molecule has 0 heterocycles. The Morgan fingerprint density at radius 2 is 2.00 bits per heavy atom. The Hall–Kier alpha value is -1.13. The topological polar surface area (TPSA) is 24.5 Å². The molecule has 0 radical (unpaired) electrons. The van der Waals surface area contributed by atoms with Crippen molar-refractivity contribution in [3.05, 3.63) is 29.8 Å². The standard InChI is InChI=1S/C14H22N2OS/c1-4-12-6-8-13(9-7-12)16(2)14(18)15-10-5-11-17-3/h6-9H,4-5,10-11H2,1-3H3,(H,15,18). The third-order valence-electron chi connectivity index (χ3n) is 2.84. The third-order valence-corrected chi connectivity index (χ3v) is 3.26. The van der Waals surface area contributed by atoms with Crippen molar-refractivity contribution in [3.63, 3.8) is 0 Å². The second kappa shape index (κ2) is 8.06. The molecule has 0 aliphatic heterocycles. The number of aryl methyl sites for hydroxylation is 1. The van der Waals surface area contributed by atoms with E-state index in [2.05, 4.69) is 36.5 Å². The van der Waals surface area contributed by atoms with E-state index in [0.717, 1.165) is 36.8 Å². The first-order valence-electron chi connectivity index (χ1n) is 6.28. The van der Waals surface area contributed by atoms with Crippen LogP contribution < -0.4 is 10.2 Å². The second-order valence-electron chi connectivity index (χ2n) is 4.16. The number of methoxy groups -OCH3 is 1. The van der Waals surface area contributed by atoms with Gasteiger partial charge in [0.25, 0.3) is 0 Å². The van der Waals surface area contributed by atoms with Gasteiger partial charge in [-0.05, 0) is 42.8 Å². The summed E-state index contributed by atoms with van der Waals surface area (Å²) in [5.41, 5.74) is 2.45. The van der Waals surface area contributed by atoms with E-state index in [-0.39, 0.29) is 0 Å². The molecule has 4 heteroatoms. The zero-order valence-electron chi connectivity index (χ0n) is 11.4. The highest BCUT2D eigenvalue weighted by Gasteiger charge is 2.05. The van der Waals surface area contributed by atoms with Crippen LogP contribution in [0.4, 0.5) is 5.69 Å². The molecule has 18 heavy (non-hydrogen) atoms. The predicted octanol–water partition coefficient (Wildman–Crippen LogP) is 2.60. The number of nitrogens with one attached hydrogen (secondary N) is 1. The van der Waals surface area contributed by atoms with Crippen molar-refractivity contribution in [2.45, 2.75) is 19.8 Å². The molecule has 0 saturated heterocycles. The zero-order chi connectivity index (χ0) is 13.4. The number of thiocarbonyl (C=S) groups is 1. The van der Waals surface area contributed by atoms with Crippen molar-refractivity contribution >= 4 is 23.0 Å². The summed E-state index contributed by atoms with van der Waals surface area (Å²) in [4.78, 5) is 1.99. The molecule has 100 valence electrons. The van der Waals surface area contributed by atoms with Crippen LogP contribution in [-0.4, -0.2) is 32.4 Å². The van der Waals surface area contributed by atoms with Crippen LogP contribution in [0.2, 0.25) is 0 Å². The monoisotopic (exact) mass is 266 g/mol. The maximum absolute atomic E-state index is 5.34. The van der Waals surface area contributed by atoms with Crippen LogP contribution >= 0.6 is 12.2 Å². The minimum absolute atomic E-state index is 0.746. The van der Waals surface area contributed by atoms with Crippen molar-refractivity contribution < 1.29 is 4.74 Å². The molecule has 0 aromatic heterocycles. The van der Waals surface area contributed by atoms with Crippen LogP contribution in [0.15, 0.2) is 24.3 Å². The van der Waals surface area contributed by atoms with Gasteiger partial charge >= 0.3 is 0 Å². The number of hydrogen-bond acceptors (Lipinski definition) is 2. The minimum atomic E-state index is 0.746. The fourth-order valence-electron chi connectivity index (χ4n) is 1.60. The highest BCUT2D eigenvalue weighted by atomic mass is 32.1. The van der Waals surface area contributed by atoms with Crippen molar-refractivity contribution in [1.29, 1.82) is 0 Å². The molecule has 1 aromatic rings. The van der Waals surface area contributed by atoms with Crippen LogP contribution in [-0.2, 0) is 11.2 Å². The smallest absolute Gasteiger partial charge is 0.173 e. The fourth-order valence-corrected chi connectivity index (χ4v) is 1.81. The highest BCUT2D eigenvalue weighted by molar-refractivity contribution is 7.80. The van der Waals surface area contributed by atoms with E-state index < -0.39 is 0 Å². The molecule has 1 N–H and O–H groups in total. The van der Waals surface area contributed by atoms with Gasteiger partial charge in [0.15, 0.2) is 5.11 Å². The summed E-state index contributed by atoms with van der Waals surface area (Å²) in [6, 6.07) is 8.47. The van der Waals surface area contributed by atoms with Gasteiger partial charge in [-0.15, -0.1) is 0 Å². The molecular weight excluding hydrogens is 244 g/mol. The van der Waals surface area contributed by atoms with Crippen molar-refractivity contribution in [2.24, 2.45) is 0 Å². The predicted molar refractivity (Wildman–Crippen MR) is 81.3 cm³/mol. The lowest BCUT2D eigenvalue weighted by Gasteiger charge is -2.21. The normalized spacial score (nSPS) is 10.2. The lowest BCUT2D eigenvalue weighted by Crippen LogP contribution is -2.37. The first-order chi connectivity index (χ1) is 8.69. The van der Waals surface area contributed by atoms with Crippen molar-refractivity contribution in [3.8, 4) is 0 Å². The van der Waals surface area contributed by atoms with E-state index in [1.165, 1.54) is 5.56 Å². The summed E-state index contributed by atoms with van der Waals surface area (Å²) >= 11 is 5.34. The van der Waals surface area contributed by atoms with E-state index in [0.29, 0.717) is 0 Å². The van der Waals surface area contributed by atoms with Gasteiger partial charge in [-0.1, -0.05) is 19.1 Å². The summed E-state index contributed by atoms with van der Waals surface area (Å²) < 4.78 is 5.00. The molecule has 1 rings (SSSR count). The Balaban J connectivity index is 2.46. The summed E-state index contributed by atoms with van der Waals surface area (Å²) in [7, 11) is 3.69. The average molecular weight is 266 g/mol. The Morgan fingerprint density at radius 3 is 2.56 bits per heavy atom. The molecule has 0 atom stereocenters. The zero-order valence-corrected chi connectivity index (χ0v) is 12.2. The summed E-state index contributed by atoms with van der Waals surface area (Å²) in [5.74, 6) is 0. The molecule has 0 aliphatic carbocycles. The third kappa shape index (κ3) is 4.63. The van der Waals surface area contributed by atoms with E-state index >= 15 is 0 Å². The molecular formula is C14H22N2OS. The number of nitrogens with zero attached hydrogens (tertiary/aromatic N) is 1. The van der Waals surface area contributed by atoms with Gasteiger partial charge < -0.3 is 15.0 Å². The van der Waals surface area contributed by atoms with Crippen LogP contribution in [0.3, 0.4) is 0 Å². The molecule has 0 unspecified atom stereocenters. The van der Waals surface area contributed by atoms with E-state index in [9.17, 15) is 0 Å². The van der Waals surface area contributed by atoms with E-state index in [4.69, 9.17) is 17.0 Å². The minimum Gasteiger partial charge on any atom is -0.385 e. The molecule has 0 aliphatic rings. The fraction of sp³-hybridized carbons (Fsp3) is 0.500. The second-order valence-corrected chi connectivity index (χ2v) is 4.54. The van der Waals surface area contributed by atoms with Gasteiger partial charge in [-0.3, -0.25) is 0 Å². The van der Waals surface area contributed by atoms with Crippen molar-refractivity contribution in [1.82, 2.24) is 5.32 Å². The highest BCUT2D eigenvalue weighted by Crippen LogP contribution is 2.14. The lowest BCUT2D eigenvalue weighted by atomic mass is 10.1. The summed E-state index contributed by atoms with van der Waals surface area (Å²) in [5, 5.41) is 3.97. The van der Waals surface area contributed by atoms with Crippen molar-refractivity contribution in [2.75, 3.05) is 32.2 Å². The Kier molecular flexibility index (Phi) is 6.68. The molecule has 0 saturated carbocycles. The average Bonchev–Trinajstić information content (AvgIpc) is 2.42. The maximum Gasteiger partial charge on any atom is 0.173 e. The van der Waals surface area contributed by atoms with Crippen LogP contribution in [0.5, 0.6) is 0 Å². The Labute approximate surface area is 115 Å². The van der Waals surface area contributed by atoms with Gasteiger partial charge in [0.05, 0.1) is 0 Å². The summed E-state index contributed by atoms with van der Waals surface area (Å²) in [6.07, 6.45) is 2.02.